The number of thiazole rings is 1. The van der Waals surface area contributed by atoms with Crippen molar-refractivity contribution < 1.29 is 9.59 Å². The minimum Gasteiger partial charge on any atom is -0.361 e. The van der Waals surface area contributed by atoms with Crippen LogP contribution in [0.3, 0.4) is 0 Å². The summed E-state index contributed by atoms with van der Waals surface area (Å²) >= 11 is 1.48. The summed E-state index contributed by atoms with van der Waals surface area (Å²) in [7, 11) is 0. The number of aromatic amines is 1. The van der Waals surface area contributed by atoms with Crippen molar-refractivity contribution in [1.82, 2.24) is 14.9 Å². The molecular weight excluding hydrogens is 398 g/mol. The fourth-order valence-corrected chi connectivity index (χ4v) is 4.75. The lowest BCUT2D eigenvalue weighted by atomic mass is 9.89. The summed E-state index contributed by atoms with van der Waals surface area (Å²) in [5.41, 5.74) is 4.28. The van der Waals surface area contributed by atoms with Crippen molar-refractivity contribution in [3.05, 3.63) is 41.0 Å². The zero-order chi connectivity index (χ0) is 21.1. The Morgan fingerprint density at radius 2 is 2.07 bits per heavy atom. The van der Waals surface area contributed by atoms with Crippen LogP contribution in [0.5, 0.6) is 0 Å². The number of amides is 2. The van der Waals surface area contributed by atoms with Gasteiger partial charge in [0.2, 0.25) is 11.8 Å². The predicted molar refractivity (Wildman–Crippen MR) is 121 cm³/mol. The summed E-state index contributed by atoms with van der Waals surface area (Å²) in [5.74, 6) is 0.439. The molecule has 1 aliphatic rings. The van der Waals surface area contributed by atoms with E-state index in [9.17, 15) is 9.59 Å². The highest BCUT2D eigenvalue weighted by atomic mass is 32.1. The Morgan fingerprint density at radius 1 is 1.27 bits per heavy atom. The summed E-state index contributed by atoms with van der Waals surface area (Å²) in [6.07, 6.45) is 4.75. The first-order valence-corrected chi connectivity index (χ1v) is 11.2. The standard InChI is InChI=1S/C22H27N5O2S/c1-3-21(29)26-22-25-17(13-30-22)12-27-8-6-15(7-9-27)19-11-23-20-5-4-16(10-18(19)20)24-14(2)28/h4-5,10-11,13,15,23H,3,6-9,12H2,1-2H3,(H,24,28)(H,25,26,29). The van der Waals surface area contributed by atoms with Crippen molar-refractivity contribution in [2.75, 3.05) is 23.7 Å². The molecule has 1 saturated heterocycles. The zero-order valence-corrected chi connectivity index (χ0v) is 18.1. The molecule has 0 radical (unpaired) electrons. The monoisotopic (exact) mass is 425 g/mol. The van der Waals surface area contributed by atoms with E-state index in [1.165, 1.54) is 29.2 Å². The van der Waals surface area contributed by atoms with Gasteiger partial charge in [-0.2, -0.15) is 0 Å². The number of anilines is 2. The molecule has 0 aliphatic carbocycles. The maximum absolute atomic E-state index is 11.5. The lowest BCUT2D eigenvalue weighted by Gasteiger charge is -2.31. The van der Waals surface area contributed by atoms with Gasteiger partial charge in [0.05, 0.1) is 5.69 Å². The van der Waals surface area contributed by atoms with Gasteiger partial charge in [0.25, 0.3) is 0 Å². The smallest absolute Gasteiger partial charge is 0.225 e. The van der Waals surface area contributed by atoms with Crippen LogP contribution in [0, 0.1) is 0 Å². The maximum Gasteiger partial charge on any atom is 0.225 e. The molecule has 8 heteroatoms. The van der Waals surface area contributed by atoms with Crippen molar-refractivity contribution in [2.45, 2.75) is 45.6 Å². The molecule has 4 rings (SSSR count). The molecular formula is C22H27N5O2S. The number of rotatable bonds is 6. The first-order chi connectivity index (χ1) is 14.5. The molecule has 30 heavy (non-hydrogen) atoms. The van der Waals surface area contributed by atoms with Crippen LogP contribution in [0.1, 0.15) is 50.3 Å². The summed E-state index contributed by atoms with van der Waals surface area (Å²) in [4.78, 5) is 33.2. The fourth-order valence-electron chi connectivity index (χ4n) is 4.04. The number of nitrogens with zero attached hydrogens (tertiary/aromatic N) is 2. The van der Waals surface area contributed by atoms with E-state index < -0.39 is 0 Å². The minimum atomic E-state index is -0.0563. The Balaban J connectivity index is 1.37. The van der Waals surface area contributed by atoms with Crippen molar-refractivity contribution in [3.8, 4) is 0 Å². The Morgan fingerprint density at radius 3 is 2.80 bits per heavy atom. The average Bonchev–Trinajstić information content (AvgIpc) is 3.34. The van der Waals surface area contributed by atoms with Gasteiger partial charge in [-0.25, -0.2) is 4.98 Å². The molecule has 0 unspecified atom stereocenters. The van der Waals surface area contributed by atoms with Gasteiger partial charge in [0.1, 0.15) is 0 Å². The summed E-state index contributed by atoms with van der Waals surface area (Å²) in [6.45, 7) is 6.20. The Kier molecular flexibility index (Phi) is 6.15. The van der Waals surface area contributed by atoms with Gasteiger partial charge in [0, 0.05) is 48.1 Å². The van der Waals surface area contributed by atoms with E-state index in [2.05, 4.69) is 37.8 Å². The first-order valence-electron chi connectivity index (χ1n) is 10.4. The van der Waals surface area contributed by atoms with Gasteiger partial charge in [-0.1, -0.05) is 6.92 Å². The fraction of sp³-hybridized carbons (Fsp3) is 0.409. The summed E-state index contributed by atoms with van der Waals surface area (Å²) < 4.78 is 0. The van der Waals surface area contributed by atoms with Gasteiger partial charge in [0.15, 0.2) is 5.13 Å². The van der Waals surface area contributed by atoms with Crippen LogP contribution in [0.15, 0.2) is 29.8 Å². The molecule has 0 spiro atoms. The molecule has 7 nitrogen and oxygen atoms in total. The number of fused-ring (bicyclic) bond motifs is 1. The quantitative estimate of drug-likeness (QED) is 0.549. The van der Waals surface area contributed by atoms with E-state index in [1.54, 1.807) is 0 Å². The second-order valence-electron chi connectivity index (χ2n) is 7.78. The Labute approximate surface area is 179 Å². The van der Waals surface area contributed by atoms with Crippen LogP contribution in [0.4, 0.5) is 10.8 Å². The van der Waals surface area contributed by atoms with Gasteiger partial charge < -0.3 is 15.6 Å². The lowest BCUT2D eigenvalue weighted by molar-refractivity contribution is -0.116. The molecule has 0 saturated carbocycles. The molecule has 1 aliphatic heterocycles. The highest BCUT2D eigenvalue weighted by Crippen LogP contribution is 2.34. The van der Waals surface area contributed by atoms with E-state index in [1.807, 2.05) is 24.4 Å². The van der Waals surface area contributed by atoms with E-state index >= 15 is 0 Å². The molecule has 2 amide bonds. The number of benzene rings is 1. The van der Waals surface area contributed by atoms with Gasteiger partial charge in [-0.05, 0) is 55.6 Å². The number of H-pyrrole nitrogens is 1. The average molecular weight is 426 g/mol. The number of nitrogens with one attached hydrogen (secondary N) is 3. The minimum absolute atomic E-state index is 0.00268. The molecule has 1 fully saturated rings. The van der Waals surface area contributed by atoms with Gasteiger partial charge >= 0.3 is 0 Å². The number of carbonyl (C=O) groups excluding carboxylic acids is 2. The van der Waals surface area contributed by atoms with E-state index in [4.69, 9.17) is 0 Å². The molecule has 2 aromatic heterocycles. The van der Waals surface area contributed by atoms with Gasteiger partial charge in [-0.3, -0.25) is 14.5 Å². The zero-order valence-electron chi connectivity index (χ0n) is 17.3. The van der Waals surface area contributed by atoms with Crippen LogP contribution in [0.2, 0.25) is 0 Å². The SMILES string of the molecule is CCC(=O)Nc1nc(CN2CCC(c3c[nH]c4ccc(NC(C)=O)cc34)CC2)cs1. The van der Waals surface area contributed by atoms with Crippen molar-refractivity contribution in [2.24, 2.45) is 0 Å². The second kappa shape index (κ2) is 8.97. The largest absolute Gasteiger partial charge is 0.361 e. The van der Waals surface area contributed by atoms with Crippen molar-refractivity contribution in [1.29, 1.82) is 0 Å². The van der Waals surface area contributed by atoms with Crippen LogP contribution in [-0.4, -0.2) is 39.8 Å². The highest BCUT2D eigenvalue weighted by Gasteiger charge is 2.23. The number of aromatic nitrogens is 2. The molecule has 3 heterocycles. The Bertz CT molecular complexity index is 1050. The molecule has 1 aromatic carbocycles. The van der Waals surface area contributed by atoms with Crippen LogP contribution < -0.4 is 10.6 Å². The molecule has 0 bridgehead atoms. The van der Waals surface area contributed by atoms with Crippen molar-refractivity contribution >= 4 is 44.9 Å². The number of hydrogen-bond acceptors (Lipinski definition) is 5. The maximum atomic E-state index is 11.5. The second-order valence-corrected chi connectivity index (χ2v) is 8.64. The highest BCUT2D eigenvalue weighted by molar-refractivity contribution is 7.13. The number of carbonyl (C=O) groups is 2. The third-order valence-electron chi connectivity index (χ3n) is 5.57. The number of likely N-dealkylation sites (tertiary alicyclic amines) is 1. The lowest BCUT2D eigenvalue weighted by Crippen LogP contribution is -2.32. The molecule has 3 aromatic rings. The van der Waals surface area contributed by atoms with E-state index in [0.717, 1.165) is 49.4 Å². The normalized spacial score (nSPS) is 15.4. The molecule has 3 N–H and O–H groups in total. The van der Waals surface area contributed by atoms with Gasteiger partial charge in [-0.15, -0.1) is 11.3 Å². The third-order valence-corrected chi connectivity index (χ3v) is 6.37. The summed E-state index contributed by atoms with van der Waals surface area (Å²) in [5, 5.41) is 9.60. The Hall–Kier alpha value is -2.71. The topological polar surface area (TPSA) is 90.1 Å². The van der Waals surface area contributed by atoms with Crippen molar-refractivity contribution in [3.63, 3.8) is 0 Å². The van der Waals surface area contributed by atoms with Crippen LogP contribution in [-0.2, 0) is 16.1 Å². The molecule has 158 valence electrons. The first kappa shape index (κ1) is 20.6. The van der Waals surface area contributed by atoms with E-state index in [-0.39, 0.29) is 11.8 Å². The summed E-state index contributed by atoms with van der Waals surface area (Å²) in [6, 6.07) is 6.02. The van der Waals surface area contributed by atoms with Crippen LogP contribution >= 0.6 is 11.3 Å². The predicted octanol–water partition coefficient (Wildman–Crippen LogP) is 4.31. The van der Waals surface area contributed by atoms with Crippen LogP contribution in [0.25, 0.3) is 10.9 Å². The number of piperidine rings is 1. The number of hydrogen-bond donors (Lipinski definition) is 3. The third kappa shape index (κ3) is 4.71. The molecule has 0 atom stereocenters. The van der Waals surface area contributed by atoms with E-state index in [0.29, 0.717) is 17.5 Å².